The first-order chi connectivity index (χ1) is 10.1. The fraction of sp³-hybridized carbons (Fsp3) is 0.250. The third-order valence-corrected chi connectivity index (χ3v) is 4.55. The quantitative estimate of drug-likeness (QED) is 0.742. The summed E-state index contributed by atoms with van der Waals surface area (Å²) in [6, 6.07) is 9.67. The van der Waals surface area contributed by atoms with Crippen LogP contribution in [0.2, 0.25) is 0 Å². The Kier molecular flexibility index (Phi) is 3.75. The molecule has 21 heavy (non-hydrogen) atoms. The molecule has 1 aromatic carbocycles. The van der Waals surface area contributed by atoms with Crippen LogP contribution >= 0.6 is 11.3 Å². The summed E-state index contributed by atoms with van der Waals surface area (Å²) < 4.78 is 5.24. The fourth-order valence-electron chi connectivity index (χ4n) is 2.21. The van der Waals surface area contributed by atoms with E-state index in [9.17, 15) is 4.79 Å². The molecule has 0 bridgehead atoms. The monoisotopic (exact) mass is 300 g/mol. The molecule has 2 aromatic heterocycles. The maximum atomic E-state index is 12.3. The first-order valence-electron chi connectivity index (χ1n) is 6.75. The molecule has 4 nitrogen and oxygen atoms in total. The smallest absolute Gasteiger partial charge is 0.228 e. The number of likely N-dealkylation sites (N-methyl/N-ethyl adjacent to an activating group) is 1. The predicted molar refractivity (Wildman–Crippen MR) is 83.2 cm³/mol. The van der Waals surface area contributed by atoms with Crippen molar-refractivity contribution in [2.45, 2.75) is 19.9 Å². The van der Waals surface area contributed by atoms with Crippen molar-refractivity contribution in [3.8, 4) is 0 Å². The van der Waals surface area contributed by atoms with Crippen molar-refractivity contribution >= 4 is 28.2 Å². The Bertz CT molecular complexity index is 775. The van der Waals surface area contributed by atoms with Crippen LogP contribution in [0.5, 0.6) is 0 Å². The van der Waals surface area contributed by atoms with Crippen LogP contribution in [-0.4, -0.2) is 23.0 Å². The molecule has 0 saturated heterocycles. The van der Waals surface area contributed by atoms with Crippen LogP contribution < -0.4 is 0 Å². The highest BCUT2D eigenvalue weighted by Crippen LogP contribution is 2.20. The van der Waals surface area contributed by atoms with Gasteiger partial charge in [-0.25, -0.2) is 0 Å². The largest absolute Gasteiger partial charge is 0.356 e. The molecule has 1 amide bonds. The van der Waals surface area contributed by atoms with Crippen LogP contribution in [0.3, 0.4) is 0 Å². The van der Waals surface area contributed by atoms with Gasteiger partial charge in [-0.2, -0.15) is 0 Å². The van der Waals surface area contributed by atoms with Gasteiger partial charge in [-0.3, -0.25) is 4.79 Å². The number of para-hydroxylation sites is 1. The zero-order valence-electron chi connectivity index (χ0n) is 12.0. The Morgan fingerprint density at radius 2 is 2.14 bits per heavy atom. The van der Waals surface area contributed by atoms with Crippen LogP contribution in [0.1, 0.15) is 16.1 Å². The molecule has 0 aliphatic rings. The molecule has 0 spiro atoms. The Balaban J connectivity index is 1.72. The molecule has 0 aliphatic carbocycles. The summed E-state index contributed by atoms with van der Waals surface area (Å²) in [6.07, 6.45) is 0.262. The minimum absolute atomic E-state index is 0.0434. The van der Waals surface area contributed by atoms with Gasteiger partial charge in [0.25, 0.3) is 0 Å². The molecule has 3 rings (SSSR count). The SMILES string of the molecule is Cc1ccsc1CN(C)C(=O)Cc1noc2ccccc12. The third-order valence-electron chi connectivity index (χ3n) is 3.55. The second-order valence-corrected chi connectivity index (χ2v) is 6.08. The maximum absolute atomic E-state index is 12.3. The number of amides is 1. The molecule has 3 aromatic rings. The van der Waals surface area contributed by atoms with Crippen LogP contribution in [0.25, 0.3) is 11.0 Å². The first kappa shape index (κ1) is 13.8. The van der Waals surface area contributed by atoms with Gasteiger partial charge in [-0.1, -0.05) is 17.3 Å². The Morgan fingerprint density at radius 1 is 1.33 bits per heavy atom. The second-order valence-electron chi connectivity index (χ2n) is 5.08. The Labute approximate surface area is 127 Å². The number of carbonyl (C=O) groups excluding carboxylic acids is 1. The highest BCUT2D eigenvalue weighted by atomic mass is 32.1. The van der Waals surface area contributed by atoms with Crippen molar-refractivity contribution in [1.82, 2.24) is 10.1 Å². The van der Waals surface area contributed by atoms with Gasteiger partial charge in [0.15, 0.2) is 5.58 Å². The molecule has 108 valence electrons. The van der Waals surface area contributed by atoms with E-state index >= 15 is 0 Å². The van der Waals surface area contributed by atoms with Gasteiger partial charge in [0.2, 0.25) is 5.91 Å². The van der Waals surface area contributed by atoms with Gasteiger partial charge in [0.1, 0.15) is 5.69 Å². The number of rotatable bonds is 4. The van der Waals surface area contributed by atoms with Crippen molar-refractivity contribution in [2.75, 3.05) is 7.05 Å². The standard InChI is InChI=1S/C16H16N2O2S/c1-11-7-8-21-15(11)10-18(2)16(19)9-13-12-5-3-4-6-14(12)20-17-13/h3-8H,9-10H2,1-2H3. The number of aromatic nitrogens is 1. The molecule has 5 heteroatoms. The van der Waals surface area contributed by atoms with Gasteiger partial charge >= 0.3 is 0 Å². The lowest BCUT2D eigenvalue weighted by atomic mass is 10.1. The van der Waals surface area contributed by atoms with Gasteiger partial charge < -0.3 is 9.42 Å². The summed E-state index contributed by atoms with van der Waals surface area (Å²) in [5.41, 5.74) is 2.65. The second kappa shape index (κ2) is 5.69. The number of benzene rings is 1. The Hall–Kier alpha value is -2.14. The zero-order chi connectivity index (χ0) is 14.8. The van der Waals surface area contributed by atoms with E-state index in [1.165, 1.54) is 10.4 Å². The minimum atomic E-state index is 0.0434. The number of hydrogen-bond acceptors (Lipinski definition) is 4. The van der Waals surface area contributed by atoms with E-state index < -0.39 is 0 Å². The Morgan fingerprint density at radius 3 is 2.90 bits per heavy atom. The molecular formula is C16H16N2O2S. The topological polar surface area (TPSA) is 46.3 Å². The normalized spacial score (nSPS) is 11.0. The molecule has 0 unspecified atom stereocenters. The van der Waals surface area contributed by atoms with Crippen LogP contribution in [-0.2, 0) is 17.8 Å². The van der Waals surface area contributed by atoms with Crippen LogP contribution in [0.4, 0.5) is 0 Å². The van der Waals surface area contributed by atoms with E-state index in [0.717, 1.165) is 11.0 Å². The average molecular weight is 300 g/mol. The minimum Gasteiger partial charge on any atom is -0.356 e. The van der Waals surface area contributed by atoms with Crippen molar-refractivity contribution in [3.63, 3.8) is 0 Å². The summed E-state index contributed by atoms with van der Waals surface area (Å²) >= 11 is 1.68. The predicted octanol–water partition coefficient (Wildman–Crippen LogP) is 3.40. The van der Waals surface area contributed by atoms with Crippen molar-refractivity contribution in [1.29, 1.82) is 0 Å². The molecule has 0 aliphatic heterocycles. The maximum Gasteiger partial charge on any atom is 0.228 e. The molecule has 0 N–H and O–H groups in total. The van der Waals surface area contributed by atoms with Gasteiger partial charge in [0.05, 0.1) is 13.0 Å². The molecule has 0 atom stereocenters. The first-order valence-corrected chi connectivity index (χ1v) is 7.63. The lowest BCUT2D eigenvalue weighted by molar-refractivity contribution is -0.129. The van der Waals surface area contributed by atoms with E-state index in [0.29, 0.717) is 12.2 Å². The lowest BCUT2D eigenvalue weighted by Crippen LogP contribution is -2.27. The number of carbonyl (C=O) groups is 1. The van der Waals surface area contributed by atoms with Crippen LogP contribution in [0.15, 0.2) is 40.2 Å². The van der Waals surface area contributed by atoms with Crippen molar-refractivity contribution in [2.24, 2.45) is 0 Å². The van der Waals surface area contributed by atoms with Gasteiger partial charge in [-0.05, 0) is 36.1 Å². The van der Waals surface area contributed by atoms with E-state index in [2.05, 4.69) is 18.1 Å². The molecule has 2 heterocycles. The molecule has 0 fully saturated rings. The highest BCUT2D eigenvalue weighted by molar-refractivity contribution is 7.10. The summed E-state index contributed by atoms with van der Waals surface area (Å²) in [5, 5.41) is 6.97. The lowest BCUT2D eigenvalue weighted by Gasteiger charge is -2.16. The van der Waals surface area contributed by atoms with E-state index in [4.69, 9.17) is 4.52 Å². The number of aryl methyl sites for hydroxylation is 1. The highest BCUT2D eigenvalue weighted by Gasteiger charge is 2.16. The van der Waals surface area contributed by atoms with Gasteiger partial charge in [-0.15, -0.1) is 11.3 Å². The summed E-state index contributed by atoms with van der Waals surface area (Å²) in [7, 11) is 1.82. The van der Waals surface area contributed by atoms with Crippen molar-refractivity contribution < 1.29 is 9.32 Å². The van der Waals surface area contributed by atoms with Crippen LogP contribution in [0, 0.1) is 6.92 Å². The van der Waals surface area contributed by atoms with E-state index in [1.54, 1.807) is 16.2 Å². The molecule has 0 radical (unpaired) electrons. The summed E-state index contributed by atoms with van der Waals surface area (Å²) in [5.74, 6) is 0.0434. The number of fused-ring (bicyclic) bond motifs is 1. The summed E-state index contributed by atoms with van der Waals surface area (Å²) in [4.78, 5) is 15.3. The zero-order valence-corrected chi connectivity index (χ0v) is 12.8. The molecular weight excluding hydrogens is 284 g/mol. The average Bonchev–Trinajstić information content (AvgIpc) is 3.07. The number of nitrogens with zero attached hydrogens (tertiary/aromatic N) is 2. The number of thiophene rings is 1. The fourth-order valence-corrected chi connectivity index (χ4v) is 3.17. The van der Waals surface area contributed by atoms with E-state index in [1.807, 2.05) is 36.7 Å². The summed E-state index contributed by atoms with van der Waals surface area (Å²) in [6.45, 7) is 2.70. The van der Waals surface area contributed by atoms with E-state index in [-0.39, 0.29) is 12.3 Å². The molecule has 0 saturated carbocycles. The van der Waals surface area contributed by atoms with Gasteiger partial charge in [0, 0.05) is 17.3 Å². The number of hydrogen-bond donors (Lipinski definition) is 0. The van der Waals surface area contributed by atoms with Crippen molar-refractivity contribution in [3.05, 3.63) is 51.8 Å². The third kappa shape index (κ3) is 2.83.